The summed E-state index contributed by atoms with van der Waals surface area (Å²) in [5, 5.41) is 0. The zero-order valence-corrected chi connectivity index (χ0v) is 9.68. The van der Waals surface area contributed by atoms with E-state index in [2.05, 4.69) is 33.9 Å². The van der Waals surface area contributed by atoms with Gasteiger partial charge in [0.25, 0.3) is 0 Å². The molecule has 0 rings (SSSR count). The maximum atomic E-state index is 5.21. The third-order valence-corrected chi connectivity index (χ3v) is 0.974. The maximum Gasteiger partial charge on any atom is -0.00773 e. The largest absolute Gasteiger partial charge is 0.330 e. The molecule has 0 radical (unpaired) electrons. The average Bonchev–Trinajstić information content (AvgIpc) is 2.16. The molecule has 80 valence electrons. The van der Waals surface area contributed by atoms with E-state index in [1.54, 1.807) is 12.2 Å². The summed E-state index contributed by atoms with van der Waals surface area (Å²) in [6, 6.07) is 0. The van der Waals surface area contributed by atoms with E-state index in [1.807, 2.05) is 0 Å². The second-order valence-corrected chi connectivity index (χ2v) is 2.67. The Morgan fingerprint density at radius 2 is 1.38 bits per heavy atom. The van der Waals surface area contributed by atoms with Gasteiger partial charge in [-0.15, -0.1) is 0 Å². The van der Waals surface area contributed by atoms with Crippen LogP contribution in [0.4, 0.5) is 0 Å². The molecule has 0 saturated carbocycles. The van der Waals surface area contributed by atoms with Crippen LogP contribution in [0.2, 0.25) is 0 Å². The molecule has 0 spiro atoms. The second kappa shape index (κ2) is 30.1. The molecule has 0 bridgehead atoms. The van der Waals surface area contributed by atoms with Gasteiger partial charge in [-0.05, 0) is 13.0 Å². The van der Waals surface area contributed by atoms with Gasteiger partial charge in [-0.2, -0.15) is 0 Å². The number of rotatable bonds is 4. The van der Waals surface area contributed by atoms with Crippen LogP contribution in [0, 0.1) is 0 Å². The van der Waals surface area contributed by atoms with Gasteiger partial charge in [0.2, 0.25) is 0 Å². The Labute approximate surface area is 84.7 Å². The number of allylic oxidation sites excluding steroid dienone is 2. The third-order valence-electron chi connectivity index (χ3n) is 0.974. The minimum Gasteiger partial charge on any atom is -0.330 e. The first-order chi connectivity index (χ1) is 6.24. The Balaban J connectivity index is -0.000000125. The summed E-state index contributed by atoms with van der Waals surface area (Å²) < 4.78 is 0. The zero-order chi connectivity index (χ0) is 10.9. The molecule has 0 unspecified atom stereocenters. The molecule has 0 saturated heterocycles. The van der Waals surface area contributed by atoms with Gasteiger partial charge in [0.15, 0.2) is 0 Å². The van der Waals surface area contributed by atoms with E-state index in [9.17, 15) is 0 Å². The Hall–Kier alpha value is -0.560. The highest BCUT2D eigenvalue weighted by Gasteiger charge is 1.75. The molecule has 1 nitrogen and oxygen atoms in total. The van der Waals surface area contributed by atoms with Crippen molar-refractivity contribution in [2.75, 3.05) is 6.54 Å². The van der Waals surface area contributed by atoms with Crippen molar-refractivity contribution >= 4 is 0 Å². The fraction of sp³-hybridized carbons (Fsp3) is 0.667. The minimum atomic E-state index is 0.855. The summed E-state index contributed by atoms with van der Waals surface area (Å²) in [7, 11) is 0. The first kappa shape index (κ1) is 18.3. The molecule has 0 amide bonds. The topological polar surface area (TPSA) is 26.0 Å². The van der Waals surface area contributed by atoms with E-state index < -0.39 is 0 Å². The van der Waals surface area contributed by atoms with Crippen LogP contribution in [0.25, 0.3) is 0 Å². The van der Waals surface area contributed by atoms with Crippen LogP contribution in [-0.4, -0.2) is 6.54 Å². The normalized spacial score (nSPS) is 7.08. The SMILES string of the molecule is C=CC=C.CCC.CCCCCN. The van der Waals surface area contributed by atoms with Crippen molar-refractivity contribution < 1.29 is 0 Å². The highest BCUT2D eigenvalue weighted by atomic mass is 14.5. The number of unbranched alkanes of at least 4 members (excludes halogenated alkanes) is 2. The van der Waals surface area contributed by atoms with Crippen molar-refractivity contribution in [3.05, 3.63) is 25.3 Å². The lowest BCUT2D eigenvalue weighted by Gasteiger charge is -1.86. The first-order valence-electron chi connectivity index (χ1n) is 5.18. The molecular formula is C12H27N. The van der Waals surface area contributed by atoms with Crippen molar-refractivity contribution in [3.63, 3.8) is 0 Å². The zero-order valence-electron chi connectivity index (χ0n) is 9.68. The lowest BCUT2D eigenvalue weighted by Crippen LogP contribution is -1.96. The van der Waals surface area contributed by atoms with Crippen LogP contribution in [-0.2, 0) is 0 Å². The Morgan fingerprint density at radius 1 is 1.00 bits per heavy atom. The van der Waals surface area contributed by atoms with Crippen molar-refractivity contribution in [2.45, 2.75) is 46.5 Å². The van der Waals surface area contributed by atoms with Crippen molar-refractivity contribution in [1.82, 2.24) is 0 Å². The van der Waals surface area contributed by atoms with Crippen LogP contribution < -0.4 is 5.73 Å². The van der Waals surface area contributed by atoms with Gasteiger partial charge >= 0.3 is 0 Å². The predicted octanol–water partition coefficient (Wildman–Crippen LogP) is 3.91. The van der Waals surface area contributed by atoms with Gasteiger partial charge in [0.1, 0.15) is 0 Å². The van der Waals surface area contributed by atoms with Crippen LogP contribution >= 0.6 is 0 Å². The lowest BCUT2D eigenvalue weighted by molar-refractivity contribution is 0.727. The Kier molecular flexibility index (Phi) is 42.3. The molecule has 2 N–H and O–H groups in total. The van der Waals surface area contributed by atoms with Gasteiger partial charge < -0.3 is 5.73 Å². The van der Waals surface area contributed by atoms with E-state index in [0.717, 1.165) is 6.54 Å². The molecule has 0 aromatic heterocycles. The summed E-state index contributed by atoms with van der Waals surface area (Å²) in [5.41, 5.74) is 5.21. The van der Waals surface area contributed by atoms with Crippen LogP contribution in [0.5, 0.6) is 0 Å². The summed E-state index contributed by atoms with van der Waals surface area (Å²) >= 11 is 0. The van der Waals surface area contributed by atoms with Gasteiger partial charge in [-0.25, -0.2) is 0 Å². The third kappa shape index (κ3) is 86.1. The van der Waals surface area contributed by atoms with Crippen molar-refractivity contribution in [1.29, 1.82) is 0 Å². The highest BCUT2D eigenvalue weighted by Crippen LogP contribution is 1.88. The lowest BCUT2D eigenvalue weighted by atomic mass is 10.3. The summed E-state index contributed by atoms with van der Waals surface area (Å²) in [6.07, 6.45) is 8.28. The van der Waals surface area contributed by atoms with E-state index in [4.69, 9.17) is 5.73 Å². The number of hydrogen-bond donors (Lipinski definition) is 1. The molecule has 0 aliphatic carbocycles. The van der Waals surface area contributed by atoms with E-state index in [0.29, 0.717) is 0 Å². The first-order valence-corrected chi connectivity index (χ1v) is 5.18. The molecule has 0 aromatic carbocycles. The van der Waals surface area contributed by atoms with Crippen LogP contribution in [0.3, 0.4) is 0 Å². The smallest absolute Gasteiger partial charge is 0.00773 e. The molecule has 1 heteroatoms. The van der Waals surface area contributed by atoms with Crippen molar-refractivity contribution in [3.8, 4) is 0 Å². The fourth-order valence-corrected chi connectivity index (χ4v) is 0.394. The number of hydrogen-bond acceptors (Lipinski definition) is 1. The van der Waals surface area contributed by atoms with Crippen LogP contribution in [0.1, 0.15) is 46.5 Å². The molecule has 0 aromatic rings. The summed E-state index contributed by atoms with van der Waals surface area (Å²) in [5.74, 6) is 0. The van der Waals surface area contributed by atoms with E-state index in [1.165, 1.54) is 25.7 Å². The minimum absolute atomic E-state index is 0.855. The maximum absolute atomic E-state index is 5.21. The van der Waals surface area contributed by atoms with E-state index >= 15 is 0 Å². The summed E-state index contributed by atoms with van der Waals surface area (Å²) in [6.45, 7) is 14.0. The molecular weight excluding hydrogens is 158 g/mol. The molecule has 0 aliphatic heterocycles. The van der Waals surface area contributed by atoms with Gasteiger partial charge in [-0.3, -0.25) is 0 Å². The standard InChI is InChI=1S/C5H13N.C4H6.C3H8/c1-2-3-4-5-6;1-3-4-2;1-3-2/h2-6H2,1H3;3-4H,1-2H2;3H2,1-2H3. The quantitative estimate of drug-likeness (QED) is 0.521. The Bertz CT molecular complexity index is 67.2. The fourth-order valence-electron chi connectivity index (χ4n) is 0.394. The second-order valence-electron chi connectivity index (χ2n) is 2.67. The molecule has 0 atom stereocenters. The molecule has 0 fully saturated rings. The monoisotopic (exact) mass is 185 g/mol. The van der Waals surface area contributed by atoms with Gasteiger partial charge in [0.05, 0.1) is 0 Å². The highest BCUT2D eigenvalue weighted by molar-refractivity contribution is 4.88. The van der Waals surface area contributed by atoms with E-state index in [-0.39, 0.29) is 0 Å². The molecule has 0 aliphatic rings. The molecule has 0 heterocycles. The van der Waals surface area contributed by atoms with Gasteiger partial charge in [-0.1, -0.05) is 65.3 Å². The predicted molar refractivity (Wildman–Crippen MR) is 64.9 cm³/mol. The number of nitrogens with two attached hydrogens (primary N) is 1. The van der Waals surface area contributed by atoms with Crippen LogP contribution in [0.15, 0.2) is 25.3 Å². The molecule has 13 heavy (non-hydrogen) atoms. The van der Waals surface area contributed by atoms with Crippen molar-refractivity contribution in [2.24, 2.45) is 5.73 Å². The van der Waals surface area contributed by atoms with Gasteiger partial charge in [0, 0.05) is 0 Å². The average molecular weight is 185 g/mol. The Morgan fingerprint density at radius 3 is 1.46 bits per heavy atom. The summed E-state index contributed by atoms with van der Waals surface area (Å²) in [4.78, 5) is 0.